The molecule has 0 rings (SSSR count). The van der Waals surface area contributed by atoms with E-state index in [0.29, 0.717) is 0 Å². The first-order valence-electron chi connectivity index (χ1n) is 21.2. The van der Waals surface area contributed by atoms with Crippen molar-refractivity contribution in [2.45, 2.75) is 220 Å². The van der Waals surface area contributed by atoms with Crippen LogP contribution in [0.1, 0.15) is 220 Å². The van der Waals surface area contributed by atoms with Crippen LogP contribution in [0.2, 0.25) is 0 Å². The molecule has 0 spiro atoms. The lowest BCUT2D eigenvalue weighted by atomic mass is 9.89. The molecule has 1 heteroatoms. The molecule has 272 valence electrons. The van der Waals surface area contributed by atoms with Crippen molar-refractivity contribution in [3.63, 3.8) is 0 Å². The van der Waals surface area contributed by atoms with Crippen molar-refractivity contribution in [1.82, 2.24) is 4.90 Å². The number of rotatable bonds is 37. The fraction of sp³-hybridized carbons (Fsp3) is 0.867. The van der Waals surface area contributed by atoms with Gasteiger partial charge in [0.2, 0.25) is 0 Å². The van der Waals surface area contributed by atoms with E-state index >= 15 is 0 Å². The molecule has 2 atom stereocenters. The third-order valence-corrected chi connectivity index (χ3v) is 10.1. The maximum absolute atomic E-state index is 2.47. The van der Waals surface area contributed by atoms with E-state index in [1.807, 2.05) is 0 Å². The van der Waals surface area contributed by atoms with Crippen molar-refractivity contribution in [3.05, 3.63) is 36.5 Å². The van der Waals surface area contributed by atoms with E-state index in [-0.39, 0.29) is 0 Å². The van der Waals surface area contributed by atoms with E-state index in [2.05, 4.69) is 76.2 Å². The molecule has 0 heterocycles. The Bertz CT molecular complexity index is 643. The number of nitrogens with zero attached hydrogens (tertiary/aromatic N) is 1. The van der Waals surface area contributed by atoms with E-state index in [0.717, 1.165) is 18.3 Å². The van der Waals surface area contributed by atoms with Crippen molar-refractivity contribution >= 4 is 0 Å². The Hall–Kier alpha value is -0.820. The summed E-state index contributed by atoms with van der Waals surface area (Å²) in [6.45, 7) is 8.28. The van der Waals surface area contributed by atoms with Gasteiger partial charge in [-0.2, -0.15) is 0 Å². The first kappa shape index (κ1) is 45.2. The zero-order valence-electron chi connectivity index (χ0n) is 32.7. The molecule has 0 aliphatic rings. The SMILES string of the molecule is CCCCC/C=C\C/C=C\CCCCCCCCC(CCCCCCCC/C=C\CCC(C)CCCCC)CCCCCN(C)C. The highest BCUT2D eigenvalue weighted by Crippen LogP contribution is 2.24. The van der Waals surface area contributed by atoms with Gasteiger partial charge in [-0.1, -0.05) is 192 Å². The molecule has 0 saturated carbocycles. The summed E-state index contributed by atoms with van der Waals surface area (Å²) in [6, 6.07) is 0. The van der Waals surface area contributed by atoms with Crippen molar-refractivity contribution in [2.24, 2.45) is 11.8 Å². The summed E-state index contributed by atoms with van der Waals surface area (Å²) in [5.41, 5.74) is 0. The molecule has 0 saturated heterocycles. The molecule has 2 unspecified atom stereocenters. The Labute approximate surface area is 292 Å². The fourth-order valence-corrected chi connectivity index (χ4v) is 6.80. The van der Waals surface area contributed by atoms with Crippen LogP contribution in [0.4, 0.5) is 0 Å². The van der Waals surface area contributed by atoms with E-state index in [9.17, 15) is 0 Å². The average Bonchev–Trinajstić information content (AvgIpc) is 3.04. The summed E-state index contributed by atoms with van der Waals surface area (Å²) in [5.74, 6) is 1.90. The third kappa shape index (κ3) is 37.6. The molecule has 46 heavy (non-hydrogen) atoms. The molecule has 0 aromatic rings. The van der Waals surface area contributed by atoms with Gasteiger partial charge in [-0.3, -0.25) is 0 Å². The second kappa shape index (κ2) is 38.6. The highest BCUT2D eigenvalue weighted by Gasteiger charge is 2.09. The van der Waals surface area contributed by atoms with E-state index < -0.39 is 0 Å². The molecule has 0 aromatic heterocycles. The first-order valence-corrected chi connectivity index (χ1v) is 21.2. The van der Waals surface area contributed by atoms with Gasteiger partial charge in [0.25, 0.3) is 0 Å². The molecule has 0 radical (unpaired) electrons. The minimum absolute atomic E-state index is 0.907. The first-order chi connectivity index (χ1) is 22.6. The Morgan fingerprint density at radius 1 is 0.391 bits per heavy atom. The average molecular weight is 642 g/mol. The van der Waals surface area contributed by atoms with Crippen LogP contribution >= 0.6 is 0 Å². The standard InChI is InChI=1S/C45H87N/c1-6-8-10-11-12-13-14-15-16-17-18-19-23-26-29-34-40-45(42-36-31-37-43-46(4)5)41-35-30-27-24-21-20-22-25-28-33-39-44(3)38-32-9-7-2/h12-13,15-16,25,28,44-45H,6-11,14,17-24,26-27,29-43H2,1-5H3/b13-12-,16-15-,28-25-. The second-order valence-electron chi connectivity index (χ2n) is 15.2. The predicted octanol–water partition coefficient (Wildman–Crippen LogP) is 15.6. The van der Waals surface area contributed by atoms with Crippen molar-refractivity contribution in [3.8, 4) is 0 Å². The van der Waals surface area contributed by atoms with Crippen LogP contribution in [0.3, 0.4) is 0 Å². The zero-order valence-corrected chi connectivity index (χ0v) is 32.7. The van der Waals surface area contributed by atoms with Crippen LogP contribution in [-0.2, 0) is 0 Å². The van der Waals surface area contributed by atoms with Gasteiger partial charge in [-0.25, -0.2) is 0 Å². The lowest BCUT2D eigenvalue weighted by Crippen LogP contribution is -2.12. The van der Waals surface area contributed by atoms with Gasteiger partial charge in [-0.05, 0) is 96.7 Å². The monoisotopic (exact) mass is 642 g/mol. The van der Waals surface area contributed by atoms with Crippen LogP contribution in [0.5, 0.6) is 0 Å². The van der Waals surface area contributed by atoms with Crippen molar-refractivity contribution in [2.75, 3.05) is 20.6 Å². The molecular weight excluding hydrogens is 555 g/mol. The fourth-order valence-electron chi connectivity index (χ4n) is 6.80. The maximum atomic E-state index is 2.47. The molecule has 0 bridgehead atoms. The normalized spacial score (nSPS) is 13.7. The number of hydrogen-bond donors (Lipinski definition) is 0. The number of allylic oxidation sites excluding steroid dienone is 6. The predicted molar refractivity (Wildman–Crippen MR) is 213 cm³/mol. The molecule has 0 aromatic carbocycles. The third-order valence-electron chi connectivity index (χ3n) is 10.1. The lowest BCUT2D eigenvalue weighted by Gasteiger charge is -2.17. The van der Waals surface area contributed by atoms with Gasteiger partial charge in [0.1, 0.15) is 0 Å². The highest BCUT2D eigenvalue weighted by molar-refractivity contribution is 4.92. The summed E-state index contributed by atoms with van der Waals surface area (Å²) in [7, 11) is 4.42. The van der Waals surface area contributed by atoms with Crippen molar-refractivity contribution < 1.29 is 0 Å². The van der Waals surface area contributed by atoms with Gasteiger partial charge in [0, 0.05) is 0 Å². The highest BCUT2D eigenvalue weighted by atomic mass is 15.0. The topological polar surface area (TPSA) is 3.24 Å². The second-order valence-corrected chi connectivity index (χ2v) is 15.2. The van der Waals surface area contributed by atoms with Gasteiger partial charge < -0.3 is 4.90 Å². The van der Waals surface area contributed by atoms with E-state index in [1.165, 1.54) is 199 Å². The minimum atomic E-state index is 0.907. The van der Waals surface area contributed by atoms with E-state index in [4.69, 9.17) is 0 Å². The summed E-state index contributed by atoms with van der Waals surface area (Å²) < 4.78 is 0. The number of hydrogen-bond acceptors (Lipinski definition) is 1. The van der Waals surface area contributed by atoms with Gasteiger partial charge in [0.05, 0.1) is 0 Å². The van der Waals surface area contributed by atoms with Crippen LogP contribution in [-0.4, -0.2) is 25.5 Å². The largest absolute Gasteiger partial charge is 0.309 e. The zero-order chi connectivity index (χ0) is 33.6. The Kier molecular flexibility index (Phi) is 37.9. The van der Waals surface area contributed by atoms with Crippen LogP contribution < -0.4 is 0 Å². The summed E-state index contributed by atoms with van der Waals surface area (Å²) in [4.78, 5) is 2.34. The molecule has 0 aliphatic carbocycles. The minimum Gasteiger partial charge on any atom is -0.309 e. The molecule has 0 aliphatic heterocycles. The van der Waals surface area contributed by atoms with Gasteiger partial charge >= 0.3 is 0 Å². The molecule has 1 nitrogen and oxygen atoms in total. The van der Waals surface area contributed by atoms with Gasteiger partial charge in [-0.15, -0.1) is 0 Å². The summed E-state index contributed by atoms with van der Waals surface area (Å²) in [6.07, 6.45) is 57.7. The Morgan fingerprint density at radius 3 is 1.30 bits per heavy atom. The lowest BCUT2D eigenvalue weighted by molar-refractivity contribution is 0.352. The Morgan fingerprint density at radius 2 is 0.783 bits per heavy atom. The number of unbranched alkanes of at least 4 members (excludes halogenated alkanes) is 19. The van der Waals surface area contributed by atoms with E-state index in [1.54, 1.807) is 0 Å². The maximum Gasteiger partial charge on any atom is -0.00248 e. The molecular formula is C45H87N. The molecule has 0 amide bonds. The van der Waals surface area contributed by atoms with Crippen LogP contribution in [0, 0.1) is 11.8 Å². The van der Waals surface area contributed by atoms with Crippen LogP contribution in [0.25, 0.3) is 0 Å². The summed E-state index contributed by atoms with van der Waals surface area (Å²) in [5, 5.41) is 0. The van der Waals surface area contributed by atoms with Crippen LogP contribution in [0.15, 0.2) is 36.5 Å². The van der Waals surface area contributed by atoms with Crippen molar-refractivity contribution in [1.29, 1.82) is 0 Å². The summed E-state index contributed by atoms with van der Waals surface area (Å²) >= 11 is 0. The van der Waals surface area contributed by atoms with Gasteiger partial charge in [0.15, 0.2) is 0 Å². The Balaban J connectivity index is 3.90. The molecule has 0 fully saturated rings. The quantitative estimate of drug-likeness (QED) is 0.0482. The smallest absolute Gasteiger partial charge is 0.00248 e. The molecule has 0 N–H and O–H groups in total.